The Kier molecular flexibility index (Phi) is 10.3. The second kappa shape index (κ2) is 14.7. The Morgan fingerprint density at radius 1 is 0.982 bits per heavy atom. The van der Waals surface area contributed by atoms with Crippen molar-refractivity contribution in [2.24, 2.45) is 11.1 Å². The van der Waals surface area contributed by atoms with E-state index in [1.807, 2.05) is 19.9 Å². The second-order valence-electron chi connectivity index (χ2n) is 13.5. The average Bonchev–Trinajstić information content (AvgIpc) is 3.70. The lowest BCUT2D eigenvalue weighted by Gasteiger charge is -2.34. The summed E-state index contributed by atoms with van der Waals surface area (Å²) in [4.78, 5) is 41.1. The van der Waals surface area contributed by atoms with Crippen LogP contribution in [0, 0.1) is 44.9 Å². The molecule has 2 heterocycles. The molecule has 17 heteroatoms. The van der Waals surface area contributed by atoms with Crippen LogP contribution in [-0.2, 0) is 27.4 Å². The maximum Gasteiger partial charge on any atom is 0.416 e. The molecular formula is C38H37F3N8O5S. The summed E-state index contributed by atoms with van der Waals surface area (Å²) in [7, 11) is -3.94. The minimum absolute atomic E-state index is 0.0378. The second-order valence-corrected chi connectivity index (χ2v) is 15.1. The highest BCUT2D eigenvalue weighted by atomic mass is 32.2. The topological polar surface area (TPSA) is 187 Å². The zero-order valence-electron chi connectivity index (χ0n) is 30.2. The van der Waals surface area contributed by atoms with E-state index in [2.05, 4.69) is 15.7 Å². The van der Waals surface area contributed by atoms with Gasteiger partial charge in [-0.2, -0.15) is 23.5 Å². The van der Waals surface area contributed by atoms with Crippen LogP contribution in [-0.4, -0.2) is 51.9 Å². The number of hydrogen-bond acceptors (Lipinski definition) is 7. The van der Waals surface area contributed by atoms with Crippen LogP contribution < -0.4 is 21.5 Å². The van der Waals surface area contributed by atoms with E-state index < -0.39 is 45.4 Å². The Labute approximate surface area is 314 Å². The fourth-order valence-electron chi connectivity index (χ4n) is 6.88. The van der Waals surface area contributed by atoms with Crippen molar-refractivity contribution < 1.29 is 31.2 Å². The van der Waals surface area contributed by atoms with E-state index in [1.165, 1.54) is 36.0 Å². The lowest BCUT2D eigenvalue weighted by Crippen LogP contribution is -2.51. The number of sulfonamides is 1. The number of benzene rings is 3. The molecule has 0 unspecified atom stereocenters. The van der Waals surface area contributed by atoms with E-state index in [-0.39, 0.29) is 53.0 Å². The number of nitrogens with one attached hydrogen (secondary N) is 2. The normalized spacial score (nSPS) is 15.6. The predicted octanol–water partition coefficient (Wildman–Crippen LogP) is 4.96. The van der Waals surface area contributed by atoms with Crippen molar-refractivity contribution in [3.8, 4) is 28.8 Å². The van der Waals surface area contributed by atoms with Gasteiger partial charge in [-0.3, -0.25) is 9.36 Å². The number of alkyl halides is 3. The van der Waals surface area contributed by atoms with Crippen LogP contribution in [0.2, 0.25) is 0 Å². The van der Waals surface area contributed by atoms with Gasteiger partial charge in [-0.05, 0) is 124 Å². The molecule has 2 aromatic heterocycles. The van der Waals surface area contributed by atoms with Crippen molar-refractivity contribution >= 4 is 22.0 Å². The highest BCUT2D eigenvalue weighted by Crippen LogP contribution is 2.33. The molecule has 286 valence electrons. The Morgan fingerprint density at radius 2 is 1.67 bits per heavy atom. The number of carbonyl (C=O) groups is 2. The average molecular weight is 775 g/mol. The molecule has 4 N–H and O–H groups in total. The summed E-state index contributed by atoms with van der Waals surface area (Å²) >= 11 is 0. The number of imidazole rings is 1. The van der Waals surface area contributed by atoms with Gasteiger partial charge in [0.15, 0.2) is 0 Å². The van der Waals surface area contributed by atoms with Crippen LogP contribution in [0.5, 0.6) is 0 Å². The van der Waals surface area contributed by atoms with Crippen molar-refractivity contribution in [2.75, 3.05) is 6.54 Å². The summed E-state index contributed by atoms with van der Waals surface area (Å²) in [6.07, 6.45) is -2.36. The van der Waals surface area contributed by atoms with E-state index in [0.29, 0.717) is 23.2 Å². The molecule has 1 saturated carbocycles. The number of rotatable bonds is 9. The van der Waals surface area contributed by atoms with Crippen LogP contribution in [0.1, 0.15) is 51.9 Å². The van der Waals surface area contributed by atoms with Crippen LogP contribution in [0.25, 0.3) is 22.8 Å². The minimum atomic E-state index is -4.69. The van der Waals surface area contributed by atoms with Crippen LogP contribution >= 0.6 is 0 Å². The van der Waals surface area contributed by atoms with E-state index >= 15 is 0 Å². The van der Waals surface area contributed by atoms with Gasteiger partial charge in [-0.15, -0.1) is 0 Å². The van der Waals surface area contributed by atoms with Gasteiger partial charge in [0.2, 0.25) is 15.9 Å². The molecule has 0 radical (unpaired) electrons. The summed E-state index contributed by atoms with van der Waals surface area (Å²) in [6.45, 7) is 7.12. The maximum atomic E-state index is 14.1. The van der Waals surface area contributed by atoms with E-state index in [9.17, 15) is 41.2 Å². The lowest BCUT2D eigenvalue weighted by molar-refractivity contribution is -0.137. The quantitative estimate of drug-likeness (QED) is 0.189. The monoisotopic (exact) mass is 774 g/mol. The summed E-state index contributed by atoms with van der Waals surface area (Å²) in [5.41, 5.74) is 2.41. The zero-order chi connectivity index (χ0) is 40.0. The summed E-state index contributed by atoms with van der Waals surface area (Å²) in [5.74, 6) is -0.703. The van der Waals surface area contributed by atoms with Gasteiger partial charge >= 0.3 is 17.9 Å². The maximum absolute atomic E-state index is 14.1. The fourth-order valence-corrected chi connectivity index (χ4v) is 7.76. The lowest BCUT2D eigenvalue weighted by atomic mass is 9.79. The largest absolute Gasteiger partial charge is 0.416 e. The molecule has 5 aromatic rings. The van der Waals surface area contributed by atoms with Gasteiger partial charge in [0.1, 0.15) is 5.69 Å². The molecule has 0 aliphatic heterocycles. The molecule has 0 bridgehead atoms. The highest BCUT2D eigenvalue weighted by Gasteiger charge is 2.37. The number of nitrogens with zero attached hydrogens (tertiary/aromatic N) is 5. The molecule has 55 heavy (non-hydrogen) atoms. The molecule has 3 aromatic carbocycles. The Morgan fingerprint density at radius 3 is 2.31 bits per heavy atom. The van der Waals surface area contributed by atoms with Gasteiger partial charge in [-0.1, -0.05) is 6.07 Å². The summed E-state index contributed by atoms with van der Waals surface area (Å²) in [6, 6.07) is 14.4. The summed E-state index contributed by atoms with van der Waals surface area (Å²) < 4.78 is 68.6. The van der Waals surface area contributed by atoms with Gasteiger partial charge in [0, 0.05) is 18.5 Å². The zero-order valence-corrected chi connectivity index (χ0v) is 31.0. The van der Waals surface area contributed by atoms with Crippen molar-refractivity contribution in [3.05, 3.63) is 116 Å². The van der Waals surface area contributed by atoms with Crippen molar-refractivity contribution in [1.82, 2.24) is 29.5 Å². The number of halogens is 3. The van der Waals surface area contributed by atoms with Crippen LogP contribution in [0.4, 0.5) is 18.0 Å². The highest BCUT2D eigenvalue weighted by molar-refractivity contribution is 7.89. The van der Waals surface area contributed by atoms with Gasteiger partial charge in [0.25, 0.3) is 0 Å². The first-order chi connectivity index (χ1) is 25.9. The Bertz CT molecular complexity index is 2540. The number of primary sulfonamides is 1. The molecule has 0 atom stereocenters. The number of hydrogen-bond donors (Lipinski definition) is 3. The first-order valence-electron chi connectivity index (χ1n) is 17.2. The Balaban J connectivity index is 1.23. The number of aromatic nitrogens is 4. The minimum Gasteiger partial charge on any atom is -0.356 e. The molecule has 6 rings (SSSR count). The third-order valence-electron chi connectivity index (χ3n) is 10.2. The van der Waals surface area contributed by atoms with Crippen LogP contribution in [0.3, 0.4) is 0 Å². The molecular weight excluding hydrogens is 738 g/mol. The van der Waals surface area contributed by atoms with E-state index in [4.69, 9.17) is 5.14 Å². The third kappa shape index (κ3) is 7.55. The molecule has 1 aliphatic carbocycles. The van der Waals surface area contributed by atoms with Crippen LogP contribution in [0.15, 0.2) is 76.6 Å². The molecule has 0 spiro atoms. The Hall–Kier alpha value is -5.99. The van der Waals surface area contributed by atoms with Gasteiger partial charge < -0.3 is 10.6 Å². The van der Waals surface area contributed by atoms with Gasteiger partial charge in [-0.25, -0.2) is 32.4 Å². The van der Waals surface area contributed by atoms with E-state index in [1.54, 1.807) is 37.3 Å². The number of carbonyl (C=O) groups excluding carboxylic acids is 2. The fraction of sp³-hybridized carbons (Fsp3) is 0.289. The molecule has 1 aliphatic rings. The van der Waals surface area contributed by atoms with E-state index in [0.717, 1.165) is 38.0 Å². The first-order valence-corrected chi connectivity index (χ1v) is 18.7. The van der Waals surface area contributed by atoms with Crippen molar-refractivity contribution in [1.29, 1.82) is 5.26 Å². The molecule has 0 saturated heterocycles. The SMILES string of the molecule is Cc1c(CCNC(=O)[C@H]2C[C@H](NC(=O)n3c(-c4ccnn4-c4ccc(C#N)cc4)c(C)n(-c4cccc(C(F)(F)F)c4)c3=O)C2)cc(S(N)(=O)=O)c(C)c1C. The number of nitriles is 1. The predicted molar refractivity (Wildman–Crippen MR) is 196 cm³/mol. The summed E-state index contributed by atoms with van der Waals surface area (Å²) in [5, 5.41) is 24.7. The number of nitrogens with two attached hydrogens (primary N) is 1. The van der Waals surface area contributed by atoms with Crippen molar-refractivity contribution in [2.45, 2.75) is 64.1 Å². The smallest absolute Gasteiger partial charge is 0.356 e. The van der Waals surface area contributed by atoms with Gasteiger partial charge in [0.05, 0.1) is 51.1 Å². The first kappa shape index (κ1) is 38.7. The third-order valence-corrected chi connectivity index (χ3v) is 11.2. The molecule has 1 fully saturated rings. The number of amides is 2. The van der Waals surface area contributed by atoms with Crippen molar-refractivity contribution in [3.63, 3.8) is 0 Å². The molecule has 13 nitrogen and oxygen atoms in total. The molecule has 2 amide bonds. The standard InChI is InChI=1S/C38H37F3N8O5S/c1-21-22(2)26(18-33(23(21)3)55(43,53)54)12-14-44-35(50)27-16-29(17-27)46-36(51)48-34(32-13-15-45-49(32)30-10-8-25(20-42)9-11-30)24(4)47(37(48)52)31-7-5-6-28(19-31)38(39,40)41/h5-11,13,15,18-19,27,29H,12,14,16-17H2,1-4H3,(H,44,50)(H,46,51)(H2,43,53,54)/t27-,29-.